The summed E-state index contributed by atoms with van der Waals surface area (Å²) in [5, 5.41) is 91.5. The number of aliphatic hydroxyl groups excluding tert-OH is 8. The second-order valence-electron chi connectivity index (χ2n) is 7.69. The molecule has 15 nitrogen and oxygen atoms in total. The fourth-order valence-electron chi connectivity index (χ4n) is 3.67. The zero-order valence-corrected chi connectivity index (χ0v) is 17.0. The van der Waals surface area contributed by atoms with E-state index < -0.39 is 98.5 Å². The van der Waals surface area contributed by atoms with Crippen molar-refractivity contribution in [2.75, 3.05) is 13.2 Å². The molecule has 15 heteroatoms. The van der Waals surface area contributed by atoms with E-state index in [1.165, 1.54) is 0 Å². The summed E-state index contributed by atoms with van der Waals surface area (Å²) in [5.41, 5.74) is 0. The average Bonchev–Trinajstić information content (AvgIpc) is 2.73. The average molecular weight is 471 g/mol. The van der Waals surface area contributed by atoms with Crippen molar-refractivity contribution in [1.82, 2.24) is 5.32 Å². The fraction of sp³-hybridized carbons (Fsp3) is 0.882. The molecule has 2 heterocycles. The van der Waals surface area contributed by atoms with Crippen LogP contribution < -0.4 is 5.32 Å². The molecule has 2 aliphatic heterocycles. The lowest BCUT2D eigenvalue weighted by atomic mass is 9.88. The fourth-order valence-corrected chi connectivity index (χ4v) is 3.67. The number of carbonyl (C=O) groups is 2. The van der Waals surface area contributed by atoms with Crippen molar-refractivity contribution in [2.45, 2.75) is 80.3 Å². The topological polar surface area (TPSA) is 256 Å². The quantitative estimate of drug-likeness (QED) is 0.158. The molecule has 32 heavy (non-hydrogen) atoms. The first kappa shape index (κ1) is 26.7. The summed E-state index contributed by atoms with van der Waals surface area (Å²) < 4.78 is 15.5. The van der Waals surface area contributed by atoms with Gasteiger partial charge in [-0.2, -0.15) is 0 Å². The van der Waals surface area contributed by atoms with E-state index in [0.29, 0.717) is 0 Å². The summed E-state index contributed by atoms with van der Waals surface area (Å²) in [7, 11) is 0. The van der Waals surface area contributed by atoms with E-state index in [4.69, 9.17) is 19.3 Å². The van der Waals surface area contributed by atoms with Crippen molar-refractivity contribution in [2.24, 2.45) is 0 Å². The number of amides is 1. The summed E-state index contributed by atoms with van der Waals surface area (Å²) in [4.78, 5) is 23.6. The van der Waals surface area contributed by atoms with Crippen molar-refractivity contribution in [3.63, 3.8) is 0 Å². The Morgan fingerprint density at radius 1 is 1.16 bits per heavy atom. The van der Waals surface area contributed by atoms with Crippen LogP contribution in [-0.2, 0) is 23.8 Å². The van der Waals surface area contributed by atoms with Gasteiger partial charge >= 0.3 is 5.97 Å². The maximum absolute atomic E-state index is 12.1. The van der Waals surface area contributed by atoms with Crippen LogP contribution in [0, 0.1) is 0 Å². The van der Waals surface area contributed by atoms with Crippen LogP contribution in [-0.4, -0.2) is 138 Å². The van der Waals surface area contributed by atoms with E-state index in [1.807, 2.05) is 0 Å². The summed E-state index contributed by atoms with van der Waals surface area (Å²) in [6, 6.07) is -1.44. The minimum Gasteiger partial charge on any atom is -0.477 e. The first-order valence-corrected chi connectivity index (χ1v) is 9.70. The third-order valence-corrected chi connectivity index (χ3v) is 5.35. The van der Waals surface area contributed by atoms with Gasteiger partial charge in [-0.3, -0.25) is 4.79 Å². The Morgan fingerprint density at radius 3 is 2.28 bits per heavy atom. The molecule has 0 aromatic carbocycles. The van der Waals surface area contributed by atoms with E-state index in [-0.39, 0.29) is 0 Å². The third-order valence-electron chi connectivity index (χ3n) is 5.35. The largest absolute Gasteiger partial charge is 0.477 e. The van der Waals surface area contributed by atoms with E-state index >= 15 is 0 Å². The number of ether oxygens (including phenoxy) is 3. The first-order valence-electron chi connectivity index (χ1n) is 9.70. The number of carboxylic acid groups (broad SMARTS) is 1. The second kappa shape index (κ2) is 10.6. The Hall–Kier alpha value is -1.50. The van der Waals surface area contributed by atoms with Gasteiger partial charge in [0, 0.05) is 13.3 Å². The van der Waals surface area contributed by atoms with Crippen LogP contribution in [0.2, 0.25) is 0 Å². The maximum atomic E-state index is 12.1. The number of aliphatic hydroxyl groups is 8. The summed E-state index contributed by atoms with van der Waals surface area (Å²) in [5.74, 6) is -5.44. The second-order valence-corrected chi connectivity index (χ2v) is 7.69. The lowest BCUT2D eigenvalue weighted by Crippen LogP contribution is -2.70. The highest BCUT2D eigenvalue weighted by Gasteiger charge is 2.59. The number of carboxylic acids is 1. The van der Waals surface area contributed by atoms with Crippen LogP contribution in [0.25, 0.3) is 0 Å². The van der Waals surface area contributed by atoms with E-state index in [9.17, 15) is 50.4 Å². The molecule has 186 valence electrons. The van der Waals surface area contributed by atoms with Gasteiger partial charge in [0.15, 0.2) is 6.29 Å². The van der Waals surface area contributed by atoms with Crippen molar-refractivity contribution in [3.8, 4) is 0 Å². The molecule has 10 N–H and O–H groups in total. The van der Waals surface area contributed by atoms with Crippen LogP contribution in [0.4, 0.5) is 0 Å². The van der Waals surface area contributed by atoms with E-state index in [1.54, 1.807) is 0 Å². The summed E-state index contributed by atoms with van der Waals surface area (Å²) >= 11 is 0. The summed E-state index contributed by atoms with van der Waals surface area (Å²) in [6.07, 6.45) is -17.6. The molecule has 1 amide bonds. The van der Waals surface area contributed by atoms with Gasteiger partial charge in [-0.15, -0.1) is 0 Å². The third kappa shape index (κ3) is 5.35. The molecule has 0 radical (unpaired) electrons. The minimum absolute atomic E-state index is 0.693. The number of nitrogens with one attached hydrogen (secondary N) is 1. The molecule has 0 aromatic heterocycles. The molecule has 2 aliphatic rings. The van der Waals surface area contributed by atoms with Gasteiger partial charge in [-0.1, -0.05) is 0 Å². The Labute approximate surface area is 181 Å². The van der Waals surface area contributed by atoms with Crippen LogP contribution >= 0.6 is 0 Å². The van der Waals surface area contributed by atoms with Crippen molar-refractivity contribution in [3.05, 3.63) is 0 Å². The predicted octanol–water partition coefficient (Wildman–Crippen LogP) is -6.05. The highest BCUT2D eigenvalue weighted by molar-refractivity contribution is 5.76. The van der Waals surface area contributed by atoms with Gasteiger partial charge in [0.1, 0.15) is 42.7 Å². The molecular formula is C17H29NO14. The number of rotatable bonds is 8. The number of hydrogen-bond acceptors (Lipinski definition) is 13. The molecule has 0 saturated carbocycles. The van der Waals surface area contributed by atoms with Gasteiger partial charge in [0.25, 0.3) is 5.79 Å². The van der Waals surface area contributed by atoms with Gasteiger partial charge in [0.2, 0.25) is 5.91 Å². The smallest absolute Gasteiger partial charge is 0.364 e. The van der Waals surface area contributed by atoms with Crippen LogP contribution in [0.15, 0.2) is 0 Å². The number of carbonyl (C=O) groups excluding carboxylic acids is 1. The molecule has 2 fully saturated rings. The van der Waals surface area contributed by atoms with Crippen LogP contribution in [0.3, 0.4) is 0 Å². The Kier molecular flexibility index (Phi) is 8.88. The molecule has 11 atom stereocenters. The molecule has 2 saturated heterocycles. The highest BCUT2D eigenvalue weighted by atomic mass is 16.7. The molecule has 0 spiro atoms. The maximum Gasteiger partial charge on any atom is 0.364 e. The highest BCUT2D eigenvalue weighted by Crippen LogP contribution is 2.37. The van der Waals surface area contributed by atoms with Crippen molar-refractivity contribution in [1.29, 1.82) is 0 Å². The van der Waals surface area contributed by atoms with Gasteiger partial charge < -0.3 is 65.5 Å². The predicted molar refractivity (Wildman–Crippen MR) is 97.4 cm³/mol. The Balaban J connectivity index is 2.42. The number of hydrogen-bond donors (Lipinski definition) is 10. The monoisotopic (exact) mass is 471 g/mol. The zero-order chi connectivity index (χ0) is 24.4. The molecule has 2 rings (SSSR count). The number of aliphatic carboxylic acids is 1. The Bertz CT molecular complexity index is 665. The molecule has 0 aromatic rings. The van der Waals surface area contributed by atoms with Crippen molar-refractivity contribution >= 4 is 11.9 Å². The lowest BCUT2D eigenvalue weighted by molar-refractivity contribution is -0.366. The molecule has 0 bridgehead atoms. The standard InChI is InChI=1S/C17H29NO14/c1-5(21)18-9-6(22)2-17(16(28)29,31-13(9)10(24)7(23)3-19)32-14-11(25)8(4-20)30-15(27)12(14)26/h6-15,19-20,22-27H,2-4H2,1H3,(H,18,21)(H,28,29)/t6?,7-,8?,9?,10-,11?,12?,13?,14?,15?,17?/m1/s1. The molecular weight excluding hydrogens is 442 g/mol. The van der Waals surface area contributed by atoms with Crippen molar-refractivity contribution < 1.29 is 69.8 Å². The Morgan fingerprint density at radius 2 is 1.78 bits per heavy atom. The van der Waals surface area contributed by atoms with E-state index in [2.05, 4.69) is 5.32 Å². The first-order chi connectivity index (χ1) is 14.9. The minimum atomic E-state index is -2.86. The van der Waals surface area contributed by atoms with Crippen LogP contribution in [0.5, 0.6) is 0 Å². The normalized spacial score (nSPS) is 42.2. The van der Waals surface area contributed by atoms with E-state index in [0.717, 1.165) is 6.92 Å². The van der Waals surface area contributed by atoms with Gasteiger partial charge in [-0.25, -0.2) is 4.79 Å². The molecule has 0 aliphatic carbocycles. The van der Waals surface area contributed by atoms with Crippen LogP contribution in [0.1, 0.15) is 13.3 Å². The van der Waals surface area contributed by atoms with Gasteiger partial charge in [0.05, 0.1) is 25.4 Å². The summed E-state index contributed by atoms with van der Waals surface area (Å²) in [6.45, 7) is -0.741. The lowest BCUT2D eigenvalue weighted by Gasteiger charge is -2.49. The zero-order valence-electron chi connectivity index (χ0n) is 17.0. The van der Waals surface area contributed by atoms with Gasteiger partial charge in [-0.05, 0) is 0 Å². The molecule has 9 unspecified atom stereocenters. The SMILES string of the molecule is CC(=O)NC1C(O)CC(OC2C(O)C(O)OC(CO)C2O)(C(=O)O)OC1[C@H](O)[C@H](O)CO.